The molecular formula is C27H26O. The molecule has 0 N–H and O–H groups in total. The summed E-state index contributed by atoms with van der Waals surface area (Å²) in [5.74, 6) is 0.262. The first-order valence-electron chi connectivity index (χ1n) is 9.70. The molecule has 0 radical (unpaired) electrons. The first kappa shape index (κ1) is 19.6. The van der Waals surface area contributed by atoms with Crippen LogP contribution in [-0.2, 0) is 4.79 Å². The molecule has 0 saturated heterocycles. The van der Waals surface area contributed by atoms with Gasteiger partial charge in [0, 0.05) is 17.4 Å². The monoisotopic (exact) mass is 366 g/mol. The Bertz CT molecular complexity index is 953. The van der Waals surface area contributed by atoms with Gasteiger partial charge >= 0.3 is 0 Å². The Morgan fingerprint density at radius 2 is 1.18 bits per heavy atom. The van der Waals surface area contributed by atoms with E-state index in [2.05, 4.69) is 49.9 Å². The summed E-state index contributed by atoms with van der Waals surface area (Å²) in [7, 11) is 0. The molecule has 4 rings (SSSR count). The maximum atomic E-state index is 13.2. The van der Waals surface area contributed by atoms with E-state index in [0.29, 0.717) is 0 Å². The number of benzene rings is 3. The fourth-order valence-electron chi connectivity index (χ4n) is 3.88. The number of ketones is 1. The lowest BCUT2D eigenvalue weighted by molar-refractivity contribution is -0.116. The molecule has 3 aromatic rings. The van der Waals surface area contributed by atoms with Gasteiger partial charge in [-0.15, -0.1) is 6.58 Å². The quantitative estimate of drug-likeness (QED) is 0.466. The van der Waals surface area contributed by atoms with Crippen molar-refractivity contribution in [1.29, 1.82) is 0 Å². The standard InChI is InChI=1S/C24H20O.C3H6/c1-17-21(18-11-5-2-6-12-18)22(19-13-7-3-8-14-19)23(24(17)25)20-15-9-4-10-16-20;1-3-2/h2-17,21H,1H3;3H,1H2,2H3/t17?,21-;/m0./s1. The van der Waals surface area contributed by atoms with E-state index >= 15 is 0 Å². The largest absolute Gasteiger partial charge is 0.294 e. The van der Waals surface area contributed by atoms with E-state index in [1.165, 1.54) is 5.56 Å². The van der Waals surface area contributed by atoms with Gasteiger partial charge < -0.3 is 0 Å². The van der Waals surface area contributed by atoms with E-state index in [1.54, 1.807) is 6.08 Å². The average Bonchev–Trinajstić information content (AvgIpc) is 3.01. The van der Waals surface area contributed by atoms with Gasteiger partial charge in [-0.3, -0.25) is 4.79 Å². The number of hydrogen-bond acceptors (Lipinski definition) is 1. The third-order valence-corrected chi connectivity index (χ3v) is 5.05. The lowest BCUT2D eigenvalue weighted by atomic mass is 9.83. The summed E-state index contributed by atoms with van der Waals surface area (Å²) in [5, 5.41) is 0. The molecule has 0 saturated carbocycles. The van der Waals surface area contributed by atoms with Gasteiger partial charge in [0.15, 0.2) is 5.78 Å². The number of carbonyl (C=O) groups excluding carboxylic acids is 1. The highest BCUT2D eigenvalue weighted by Crippen LogP contribution is 2.49. The average molecular weight is 367 g/mol. The minimum atomic E-state index is -0.0622. The minimum absolute atomic E-state index is 0.0622. The highest BCUT2D eigenvalue weighted by Gasteiger charge is 2.40. The Morgan fingerprint density at radius 1 is 0.750 bits per heavy atom. The molecule has 1 unspecified atom stereocenters. The third-order valence-electron chi connectivity index (χ3n) is 5.05. The van der Waals surface area contributed by atoms with E-state index in [0.717, 1.165) is 22.3 Å². The Kier molecular flexibility index (Phi) is 6.39. The maximum Gasteiger partial charge on any atom is 0.167 e. The van der Waals surface area contributed by atoms with Crippen molar-refractivity contribution < 1.29 is 4.79 Å². The fourth-order valence-corrected chi connectivity index (χ4v) is 3.88. The van der Waals surface area contributed by atoms with Crippen molar-refractivity contribution in [1.82, 2.24) is 0 Å². The Hall–Kier alpha value is -3.19. The van der Waals surface area contributed by atoms with E-state index < -0.39 is 0 Å². The van der Waals surface area contributed by atoms with Gasteiger partial charge in [0.05, 0.1) is 0 Å². The highest BCUT2D eigenvalue weighted by atomic mass is 16.1. The second-order valence-electron chi connectivity index (χ2n) is 6.97. The molecule has 140 valence electrons. The summed E-state index contributed by atoms with van der Waals surface area (Å²) >= 11 is 0. The van der Waals surface area contributed by atoms with Crippen molar-refractivity contribution in [3.8, 4) is 0 Å². The Labute approximate surface area is 168 Å². The van der Waals surface area contributed by atoms with Crippen LogP contribution in [0.4, 0.5) is 0 Å². The summed E-state index contributed by atoms with van der Waals surface area (Å²) in [6.45, 7) is 7.30. The zero-order valence-electron chi connectivity index (χ0n) is 16.5. The molecule has 28 heavy (non-hydrogen) atoms. The molecule has 0 aromatic heterocycles. The molecule has 1 aliphatic rings. The van der Waals surface area contributed by atoms with E-state index in [-0.39, 0.29) is 17.6 Å². The molecule has 1 heteroatoms. The summed E-state index contributed by atoms with van der Waals surface area (Å²) in [4.78, 5) is 13.2. The Morgan fingerprint density at radius 3 is 1.68 bits per heavy atom. The number of carbonyl (C=O) groups is 1. The second-order valence-corrected chi connectivity index (χ2v) is 6.97. The summed E-state index contributed by atoms with van der Waals surface area (Å²) in [5.41, 5.74) is 5.36. The molecule has 0 fully saturated rings. The van der Waals surface area contributed by atoms with Crippen LogP contribution in [0, 0.1) is 5.92 Å². The van der Waals surface area contributed by atoms with Gasteiger partial charge in [0.25, 0.3) is 0 Å². The van der Waals surface area contributed by atoms with Crippen LogP contribution >= 0.6 is 0 Å². The van der Waals surface area contributed by atoms with Crippen molar-refractivity contribution >= 4 is 16.9 Å². The fraction of sp³-hybridized carbons (Fsp3) is 0.148. The second kappa shape index (κ2) is 9.14. The first-order valence-corrected chi connectivity index (χ1v) is 9.70. The predicted octanol–water partition coefficient (Wildman–Crippen LogP) is 6.79. The highest BCUT2D eigenvalue weighted by molar-refractivity contribution is 6.33. The number of rotatable bonds is 3. The van der Waals surface area contributed by atoms with E-state index in [4.69, 9.17) is 0 Å². The van der Waals surface area contributed by atoms with E-state index in [1.807, 2.05) is 61.5 Å². The first-order chi connectivity index (χ1) is 13.7. The Balaban J connectivity index is 0.000000706. The van der Waals surface area contributed by atoms with Crippen LogP contribution in [0.3, 0.4) is 0 Å². The maximum absolute atomic E-state index is 13.2. The van der Waals surface area contributed by atoms with Gasteiger partial charge in [-0.05, 0) is 29.2 Å². The number of Topliss-reactive ketones (excluding diaryl/α,β-unsaturated/α-hetero) is 1. The molecular weight excluding hydrogens is 340 g/mol. The normalized spacial score (nSPS) is 18.4. The van der Waals surface area contributed by atoms with Gasteiger partial charge in [0.1, 0.15) is 0 Å². The molecule has 0 bridgehead atoms. The zero-order valence-corrected chi connectivity index (χ0v) is 16.5. The zero-order chi connectivity index (χ0) is 19.9. The predicted molar refractivity (Wildman–Crippen MR) is 119 cm³/mol. The third kappa shape index (κ3) is 3.89. The smallest absolute Gasteiger partial charge is 0.167 e. The van der Waals surface area contributed by atoms with Crippen LogP contribution in [0.1, 0.15) is 36.5 Å². The van der Waals surface area contributed by atoms with Gasteiger partial charge in [0.2, 0.25) is 0 Å². The van der Waals surface area contributed by atoms with Gasteiger partial charge in [-0.2, -0.15) is 0 Å². The lowest BCUT2D eigenvalue weighted by Gasteiger charge is -2.20. The van der Waals surface area contributed by atoms with Crippen LogP contribution in [0.5, 0.6) is 0 Å². The molecule has 0 aliphatic heterocycles. The van der Waals surface area contributed by atoms with Gasteiger partial charge in [-0.25, -0.2) is 0 Å². The van der Waals surface area contributed by atoms with Crippen LogP contribution in [0.15, 0.2) is 104 Å². The van der Waals surface area contributed by atoms with Crippen LogP contribution in [-0.4, -0.2) is 5.78 Å². The number of hydrogen-bond donors (Lipinski definition) is 0. The number of allylic oxidation sites excluding steroid dienone is 3. The molecule has 0 amide bonds. The molecule has 1 aliphatic carbocycles. The molecule has 3 aromatic carbocycles. The van der Waals surface area contributed by atoms with E-state index in [9.17, 15) is 4.79 Å². The van der Waals surface area contributed by atoms with Crippen molar-refractivity contribution in [2.75, 3.05) is 0 Å². The van der Waals surface area contributed by atoms with Crippen LogP contribution < -0.4 is 0 Å². The van der Waals surface area contributed by atoms with Crippen molar-refractivity contribution in [2.24, 2.45) is 5.92 Å². The lowest BCUT2D eigenvalue weighted by Crippen LogP contribution is -2.12. The van der Waals surface area contributed by atoms with Crippen molar-refractivity contribution in [3.05, 3.63) is 120 Å². The molecule has 0 spiro atoms. The molecule has 0 heterocycles. The van der Waals surface area contributed by atoms with Gasteiger partial charge in [-0.1, -0.05) is 104 Å². The van der Waals surface area contributed by atoms with Crippen LogP contribution in [0.25, 0.3) is 11.1 Å². The van der Waals surface area contributed by atoms with Crippen molar-refractivity contribution in [2.45, 2.75) is 19.8 Å². The van der Waals surface area contributed by atoms with Crippen molar-refractivity contribution in [3.63, 3.8) is 0 Å². The SMILES string of the molecule is C=CC.CC1C(=O)C(c2ccccc2)=C(c2ccccc2)[C@@H]1c1ccccc1. The minimum Gasteiger partial charge on any atom is -0.294 e. The topological polar surface area (TPSA) is 17.1 Å². The summed E-state index contributed by atoms with van der Waals surface area (Å²) in [6, 6.07) is 30.8. The summed E-state index contributed by atoms with van der Waals surface area (Å²) in [6.07, 6.45) is 1.75. The van der Waals surface area contributed by atoms with Crippen LogP contribution in [0.2, 0.25) is 0 Å². The molecule has 2 atom stereocenters. The summed E-state index contributed by atoms with van der Waals surface area (Å²) < 4.78 is 0. The molecule has 1 nitrogen and oxygen atoms in total.